The van der Waals surface area contributed by atoms with Gasteiger partial charge < -0.3 is 20.7 Å². The van der Waals surface area contributed by atoms with Crippen molar-refractivity contribution in [3.05, 3.63) is 72.1 Å². The number of amides is 3. The van der Waals surface area contributed by atoms with Crippen molar-refractivity contribution in [1.29, 1.82) is 0 Å². The number of carbonyl (C=O) groups excluding carboxylic acids is 3. The van der Waals surface area contributed by atoms with E-state index >= 15 is 0 Å². The Balaban J connectivity index is 1.55. The van der Waals surface area contributed by atoms with Gasteiger partial charge in [-0.25, -0.2) is 9.59 Å². The fourth-order valence-corrected chi connectivity index (χ4v) is 2.63. The van der Waals surface area contributed by atoms with Crippen LogP contribution in [0.15, 0.2) is 60.9 Å². The summed E-state index contributed by atoms with van der Waals surface area (Å²) in [4.78, 5) is 36.2. The predicted molar refractivity (Wildman–Crippen MR) is 116 cm³/mol. The van der Waals surface area contributed by atoms with Crippen molar-refractivity contribution in [2.75, 3.05) is 10.6 Å². The van der Waals surface area contributed by atoms with E-state index in [0.717, 1.165) is 0 Å². The smallest absolute Gasteiger partial charge is 0.343 e. The van der Waals surface area contributed by atoms with E-state index in [2.05, 4.69) is 21.0 Å². The second-order valence-electron chi connectivity index (χ2n) is 7.10. The quantitative estimate of drug-likeness (QED) is 0.417. The van der Waals surface area contributed by atoms with Gasteiger partial charge in [0.05, 0.1) is 17.3 Å². The number of nitrogens with one attached hydrogen (secondary N) is 3. The van der Waals surface area contributed by atoms with Gasteiger partial charge in [-0.2, -0.15) is 5.10 Å². The van der Waals surface area contributed by atoms with Crippen LogP contribution in [0.3, 0.4) is 0 Å². The summed E-state index contributed by atoms with van der Waals surface area (Å²) in [6, 6.07) is 12.5. The normalized spacial score (nSPS) is 10.5. The van der Waals surface area contributed by atoms with Gasteiger partial charge in [-0.3, -0.25) is 9.48 Å². The largest absolute Gasteiger partial charge is 0.423 e. The Labute approximate surface area is 179 Å². The summed E-state index contributed by atoms with van der Waals surface area (Å²) in [6.45, 7) is 3.72. The number of urea groups is 1. The average molecular weight is 421 g/mol. The Morgan fingerprint density at radius 2 is 1.52 bits per heavy atom. The zero-order valence-corrected chi connectivity index (χ0v) is 17.4. The van der Waals surface area contributed by atoms with Crippen LogP contribution in [0.5, 0.6) is 5.75 Å². The molecule has 0 saturated carbocycles. The lowest BCUT2D eigenvalue weighted by molar-refractivity contribution is 0.0734. The first-order valence-corrected chi connectivity index (χ1v) is 9.60. The first-order valence-electron chi connectivity index (χ1n) is 9.60. The van der Waals surface area contributed by atoms with Crippen molar-refractivity contribution >= 4 is 29.3 Å². The number of ether oxygens (including phenoxy) is 1. The highest BCUT2D eigenvalue weighted by atomic mass is 16.5. The van der Waals surface area contributed by atoms with Gasteiger partial charge in [0.2, 0.25) is 0 Å². The molecule has 0 spiro atoms. The number of aromatic nitrogens is 2. The number of rotatable bonds is 6. The van der Waals surface area contributed by atoms with E-state index in [4.69, 9.17) is 4.74 Å². The summed E-state index contributed by atoms with van der Waals surface area (Å²) in [5.74, 6) is -0.484. The summed E-state index contributed by atoms with van der Waals surface area (Å²) in [5.41, 5.74) is 1.90. The molecule has 160 valence electrons. The Kier molecular flexibility index (Phi) is 6.66. The summed E-state index contributed by atoms with van der Waals surface area (Å²) < 4.78 is 6.90. The van der Waals surface area contributed by atoms with Crippen molar-refractivity contribution in [3.8, 4) is 5.75 Å². The van der Waals surface area contributed by atoms with Crippen molar-refractivity contribution in [2.45, 2.75) is 19.9 Å². The molecule has 0 aliphatic heterocycles. The molecule has 0 atom stereocenters. The minimum Gasteiger partial charge on any atom is -0.423 e. The molecule has 0 fully saturated rings. The molecule has 9 nitrogen and oxygen atoms in total. The van der Waals surface area contributed by atoms with Crippen LogP contribution in [-0.2, 0) is 7.05 Å². The molecule has 3 aromatic rings. The van der Waals surface area contributed by atoms with E-state index in [9.17, 15) is 14.4 Å². The maximum Gasteiger partial charge on any atom is 0.343 e. The molecule has 0 aliphatic carbocycles. The average Bonchev–Trinajstić information content (AvgIpc) is 3.16. The molecule has 0 saturated heterocycles. The molecule has 0 radical (unpaired) electrons. The lowest BCUT2D eigenvalue weighted by Gasteiger charge is -2.10. The van der Waals surface area contributed by atoms with Gasteiger partial charge in [-0.1, -0.05) is 0 Å². The van der Waals surface area contributed by atoms with Crippen molar-refractivity contribution in [3.63, 3.8) is 0 Å². The summed E-state index contributed by atoms with van der Waals surface area (Å²) >= 11 is 0. The topological polar surface area (TPSA) is 114 Å². The molecule has 1 heterocycles. The van der Waals surface area contributed by atoms with E-state index in [0.29, 0.717) is 28.3 Å². The molecule has 9 heteroatoms. The fourth-order valence-electron chi connectivity index (χ4n) is 2.63. The van der Waals surface area contributed by atoms with Crippen LogP contribution in [-0.4, -0.2) is 33.7 Å². The number of hydrogen-bond acceptors (Lipinski definition) is 5. The third-order valence-corrected chi connectivity index (χ3v) is 4.09. The van der Waals surface area contributed by atoms with Crippen LogP contribution in [0.4, 0.5) is 16.2 Å². The van der Waals surface area contributed by atoms with Crippen molar-refractivity contribution in [1.82, 2.24) is 15.1 Å². The van der Waals surface area contributed by atoms with Gasteiger partial charge in [-0.05, 0) is 62.4 Å². The molecule has 3 amide bonds. The minimum atomic E-state index is -0.537. The lowest BCUT2D eigenvalue weighted by Crippen LogP contribution is -2.34. The number of carbonyl (C=O) groups is 3. The zero-order valence-electron chi connectivity index (χ0n) is 17.4. The van der Waals surface area contributed by atoms with Crippen molar-refractivity contribution in [2.24, 2.45) is 7.05 Å². The molecule has 31 heavy (non-hydrogen) atoms. The van der Waals surface area contributed by atoms with E-state index in [1.54, 1.807) is 66.5 Å². The van der Waals surface area contributed by atoms with E-state index in [-0.39, 0.29) is 18.0 Å². The Morgan fingerprint density at radius 1 is 0.903 bits per heavy atom. The van der Waals surface area contributed by atoms with Crippen LogP contribution >= 0.6 is 0 Å². The second kappa shape index (κ2) is 9.57. The first-order chi connectivity index (χ1) is 14.8. The van der Waals surface area contributed by atoms with Gasteiger partial charge in [0.1, 0.15) is 5.75 Å². The summed E-state index contributed by atoms with van der Waals surface area (Å²) in [5, 5.41) is 12.1. The fraction of sp³-hybridized carbons (Fsp3) is 0.182. The SMILES string of the molecule is CC(C)NC(=O)Nc1ccc(C(=O)Oc2ccc(NC(=O)c3cnn(C)c3)cc2)cc1. The third kappa shape index (κ3) is 6.17. The van der Waals surface area contributed by atoms with Crippen LogP contribution < -0.4 is 20.7 Å². The van der Waals surface area contributed by atoms with E-state index in [1.807, 2.05) is 13.8 Å². The lowest BCUT2D eigenvalue weighted by atomic mass is 10.2. The predicted octanol–water partition coefficient (Wildman–Crippen LogP) is 3.42. The Morgan fingerprint density at radius 3 is 2.10 bits per heavy atom. The van der Waals surface area contributed by atoms with E-state index < -0.39 is 5.97 Å². The molecular formula is C22H23N5O4. The monoisotopic (exact) mass is 421 g/mol. The zero-order chi connectivity index (χ0) is 22.4. The van der Waals surface area contributed by atoms with Gasteiger partial charge >= 0.3 is 12.0 Å². The molecule has 0 bridgehead atoms. The molecule has 0 unspecified atom stereocenters. The molecule has 3 rings (SSSR count). The number of nitrogens with zero attached hydrogens (tertiary/aromatic N) is 2. The number of esters is 1. The first kappa shape index (κ1) is 21.6. The highest BCUT2D eigenvalue weighted by molar-refractivity contribution is 6.04. The highest BCUT2D eigenvalue weighted by Gasteiger charge is 2.11. The van der Waals surface area contributed by atoms with Gasteiger partial charge in [-0.15, -0.1) is 0 Å². The molecule has 1 aromatic heterocycles. The standard InChI is InChI=1S/C22H23N5O4/c1-14(2)24-22(30)26-18-6-4-15(5-7-18)21(29)31-19-10-8-17(9-11-19)25-20(28)16-12-23-27(3)13-16/h4-14H,1-3H3,(H,25,28)(H2,24,26,30). The molecule has 2 aromatic carbocycles. The number of benzene rings is 2. The van der Waals surface area contributed by atoms with E-state index in [1.165, 1.54) is 6.20 Å². The third-order valence-electron chi connectivity index (χ3n) is 4.09. The number of hydrogen-bond donors (Lipinski definition) is 3. The Bertz CT molecular complexity index is 1070. The van der Waals surface area contributed by atoms with Gasteiger partial charge in [0, 0.05) is 30.7 Å². The minimum absolute atomic E-state index is 0.0179. The maximum atomic E-state index is 12.3. The molecular weight excluding hydrogens is 398 g/mol. The molecule has 0 aliphatic rings. The summed E-state index contributed by atoms with van der Waals surface area (Å²) in [6.07, 6.45) is 3.09. The van der Waals surface area contributed by atoms with Crippen molar-refractivity contribution < 1.29 is 19.1 Å². The second-order valence-corrected chi connectivity index (χ2v) is 7.10. The highest BCUT2D eigenvalue weighted by Crippen LogP contribution is 2.18. The van der Waals surface area contributed by atoms with Crippen LogP contribution in [0, 0.1) is 0 Å². The van der Waals surface area contributed by atoms with Crippen LogP contribution in [0.1, 0.15) is 34.6 Å². The van der Waals surface area contributed by atoms with Crippen LogP contribution in [0.25, 0.3) is 0 Å². The summed E-state index contributed by atoms with van der Waals surface area (Å²) in [7, 11) is 1.73. The molecule has 3 N–H and O–H groups in total. The van der Waals surface area contributed by atoms with Crippen LogP contribution in [0.2, 0.25) is 0 Å². The van der Waals surface area contributed by atoms with Gasteiger partial charge in [0.15, 0.2) is 0 Å². The van der Waals surface area contributed by atoms with Gasteiger partial charge in [0.25, 0.3) is 5.91 Å². The number of anilines is 2. The number of aryl methyl sites for hydroxylation is 1. The maximum absolute atomic E-state index is 12.3. The Hall–Kier alpha value is -4.14.